The average molecular weight is 497 g/mol. The van der Waals surface area contributed by atoms with Crippen molar-refractivity contribution in [3.05, 3.63) is 34.9 Å². The van der Waals surface area contributed by atoms with Crippen LogP contribution in [-0.2, 0) is 17.5 Å². The summed E-state index contributed by atoms with van der Waals surface area (Å²) < 4.78 is 44.4. The standard InChI is InChI=1S/C24H31F3N4O4/c1-13-16(12-28-22(34)35-23(2,3)4)21(29-17-7-5-6-8-18(17)32)31-30-20(13)15-10-9-14(11-19(15)33)24(25,26)27/h9-11,17-18,32-33H,5-8,12H2,1-4H3,(H,28,34)(H,29,31)/t17-,18-/m1/s1. The van der Waals surface area contributed by atoms with Crippen molar-refractivity contribution in [2.45, 2.75) is 83.8 Å². The lowest BCUT2D eigenvalue weighted by Gasteiger charge is -2.29. The summed E-state index contributed by atoms with van der Waals surface area (Å²) in [7, 11) is 0. The molecule has 0 spiro atoms. The first-order valence-electron chi connectivity index (χ1n) is 11.4. The fraction of sp³-hybridized carbons (Fsp3) is 0.542. The number of benzene rings is 1. The van der Waals surface area contributed by atoms with E-state index in [9.17, 15) is 28.2 Å². The van der Waals surface area contributed by atoms with Gasteiger partial charge in [0.1, 0.15) is 17.0 Å². The smallest absolute Gasteiger partial charge is 0.416 e. The van der Waals surface area contributed by atoms with Crippen LogP contribution in [0.15, 0.2) is 18.2 Å². The van der Waals surface area contributed by atoms with Crippen LogP contribution >= 0.6 is 0 Å². The Labute approximate surface area is 201 Å². The maximum Gasteiger partial charge on any atom is 0.416 e. The van der Waals surface area contributed by atoms with Crippen LogP contribution in [0.1, 0.15) is 63.1 Å². The topological polar surface area (TPSA) is 117 Å². The number of nitrogens with one attached hydrogen (secondary N) is 2. The fourth-order valence-corrected chi connectivity index (χ4v) is 3.98. The summed E-state index contributed by atoms with van der Waals surface area (Å²) in [6.45, 7) is 6.85. The molecule has 192 valence electrons. The summed E-state index contributed by atoms with van der Waals surface area (Å²) in [5, 5.41) is 34.9. The number of alkyl halides is 3. The van der Waals surface area contributed by atoms with Gasteiger partial charge in [0.2, 0.25) is 0 Å². The van der Waals surface area contributed by atoms with Crippen molar-refractivity contribution >= 4 is 11.9 Å². The summed E-state index contributed by atoms with van der Waals surface area (Å²) >= 11 is 0. The highest BCUT2D eigenvalue weighted by Crippen LogP contribution is 2.38. The van der Waals surface area contributed by atoms with Gasteiger partial charge in [0.25, 0.3) is 0 Å². The van der Waals surface area contributed by atoms with Crippen LogP contribution < -0.4 is 10.6 Å². The lowest BCUT2D eigenvalue weighted by molar-refractivity contribution is -0.137. The Balaban J connectivity index is 1.98. The SMILES string of the molecule is Cc1c(-c2ccc(C(F)(F)F)cc2O)nnc(N[C@@H]2CCCC[C@H]2O)c1CNC(=O)OC(C)(C)C. The molecule has 1 aromatic carbocycles. The second-order valence-corrected chi connectivity index (χ2v) is 9.69. The van der Waals surface area contributed by atoms with Crippen molar-refractivity contribution in [2.24, 2.45) is 0 Å². The maximum atomic E-state index is 13.0. The average Bonchev–Trinajstić information content (AvgIpc) is 2.73. The molecule has 1 aliphatic carbocycles. The Kier molecular flexibility index (Phi) is 7.78. The van der Waals surface area contributed by atoms with Gasteiger partial charge in [0.05, 0.1) is 24.3 Å². The molecular weight excluding hydrogens is 465 g/mol. The molecule has 0 aliphatic heterocycles. The Hall–Kier alpha value is -3.08. The lowest BCUT2D eigenvalue weighted by Crippen LogP contribution is -2.37. The summed E-state index contributed by atoms with van der Waals surface area (Å²) in [5.41, 5.74) is -0.435. The Morgan fingerprint density at radius 1 is 1.17 bits per heavy atom. The molecule has 4 N–H and O–H groups in total. The first-order valence-corrected chi connectivity index (χ1v) is 11.4. The molecule has 8 nitrogen and oxygen atoms in total. The van der Waals surface area contributed by atoms with Crippen LogP contribution in [0, 0.1) is 6.92 Å². The first kappa shape index (κ1) is 26.5. The van der Waals surface area contributed by atoms with Gasteiger partial charge in [-0.05, 0) is 64.3 Å². The number of carbonyl (C=O) groups is 1. The van der Waals surface area contributed by atoms with E-state index in [4.69, 9.17) is 4.74 Å². The minimum atomic E-state index is -4.60. The number of anilines is 1. The minimum Gasteiger partial charge on any atom is -0.507 e. The predicted molar refractivity (Wildman–Crippen MR) is 124 cm³/mol. The molecular formula is C24H31F3N4O4. The molecule has 0 unspecified atom stereocenters. The highest BCUT2D eigenvalue weighted by atomic mass is 19.4. The van der Waals surface area contributed by atoms with Crippen molar-refractivity contribution in [3.8, 4) is 17.0 Å². The lowest BCUT2D eigenvalue weighted by atomic mass is 9.92. The second-order valence-electron chi connectivity index (χ2n) is 9.69. The van der Waals surface area contributed by atoms with Crippen molar-refractivity contribution < 1.29 is 32.9 Å². The molecule has 2 aromatic rings. The van der Waals surface area contributed by atoms with E-state index >= 15 is 0 Å². The number of amides is 1. The highest BCUT2D eigenvalue weighted by molar-refractivity contribution is 5.73. The molecule has 0 saturated heterocycles. The van der Waals surface area contributed by atoms with Crippen LogP contribution in [-0.4, -0.2) is 44.3 Å². The first-order chi connectivity index (χ1) is 16.3. The zero-order valence-electron chi connectivity index (χ0n) is 20.2. The van der Waals surface area contributed by atoms with Crippen molar-refractivity contribution in [3.63, 3.8) is 0 Å². The van der Waals surface area contributed by atoms with Gasteiger partial charge in [0.15, 0.2) is 5.82 Å². The number of ether oxygens (including phenoxy) is 1. The third-order valence-electron chi connectivity index (χ3n) is 5.78. The Morgan fingerprint density at radius 3 is 2.46 bits per heavy atom. The number of phenolic OH excluding ortho intramolecular Hbond substituents is 1. The van der Waals surface area contributed by atoms with Crippen molar-refractivity contribution in [1.82, 2.24) is 15.5 Å². The molecule has 35 heavy (non-hydrogen) atoms. The number of carbonyl (C=O) groups excluding carboxylic acids is 1. The number of phenols is 1. The predicted octanol–water partition coefficient (Wildman–Crippen LogP) is 4.92. The number of hydrogen-bond donors (Lipinski definition) is 4. The van der Waals surface area contributed by atoms with Crippen LogP contribution in [0.25, 0.3) is 11.3 Å². The van der Waals surface area contributed by atoms with Gasteiger partial charge >= 0.3 is 12.3 Å². The molecule has 11 heteroatoms. The third kappa shape index (κ3) is 6.74. The van der Waals surface area contributed by atoms with E-state index < -0.39 is 35.3 Å². The van der Waals surface area contributed by atoms with E-state index in [2.05, 4.69) is 20.8 Å². The quantitative estimate of drug-likeness (QED) is 0.464. The van der Waals surface area contributed by atoms with Gasteiger partial charge in [0, 0.05) is 11.1 Å². The molecule has 1 saturated carbocycles. The number of rotatable bonds is 5. The van der Waals surface area contributed by atoms with Gasteiger partial charge in [-0.25, -0.2) is 4.79 Å². The van der Waals surface area contributed by atoms with Gasteiger partial charge in [-0.15, -0.1) is 10.2 Å². The number of aliphatic hydroxyl groups is 1. The number of hydrogen-bond acceptors (Lipinski definition) is 7. The van der Waals surface area contributed by atoms with Crippen molar-refractivity contribution in [1.29, 1.82) is 0 Å². The summed E-state index contributed by atoms with van der Waals surface area (Å²) in [4.78, 5) is 12.3. The van der Waals surface area contributed by atoms with Gasteiger partial charge in [-0.2, -0.15) is 13.2 Å². The molecule has 3 rings (SSSR count). The highest BCUT2D eigenvalue weighted by Gasteiger charge is 2.32. The number of aliphatic hydroxyl groups excluding tert-OH is 1. The van der Waals surface area contributed by atoms with Crippen LogP contribution in [0.5, 0.6) is 5.75 Å². The molecule has 1 amide bonds. The monoisotopic (exact) mass is 496 g/mol. The van der Waals surface area contributed by atoms with E-state index in [0.29, 0.717) is 29.4 Å². The molecule has 1 heterocycles. The number of aromatic hydroxyl groups is 1. The molecule has 1 fully saturated rings. The van der Waals surface area contributed by atoms with Gasteiger partial charge in [-0.1, -0.05) is 12.8 Å². The van der Waals surface area contributed by atoms with Gasteiger partial charge < -0.3 is 25.6 Å². The summed E-state index contributed by atoms with van der Waals surface area (Å²) in [6, 6.07) is 2.38. The molecule has 2 atom stereocenters. The fourth-order valence-electron chi connectivity index (χ4n) is 3.98. The molecule has 0 bridgehead atoms. The molecule has 1 aliphatic rings. The number of nitrogens with zero attached hydrogens (tertiary/aromatic N) is 2. The van der Waals surface area contributed by atoms with Crippen LogP contribution in [0.2, 0.25) is 0 Å². The second kappa shape index (κ2) is 10.3. The van der Waals surface area contributed by atoms with Crippen LogP contribution in [0.3, 0.4) is 0 Å². The zero-order chi connectivity index (χ0) is 26.0. The van der Waals surface area contributed by atoms with E-state index in [0.717, 1.165) is 31.4 Å². The van der Waals surface area contributed by atoms with Crippen molar-refractivity contribution in [2.75, 3.05) is 5.32 Å². The van der Waals surface area contributed by atoms with E-state index in [1.165, 1.54) is 0 Å². The zero-order valence-corrected chi connectivity index (χ0v) is 20.2. The molecule has 0 radical (unpaired) electrons. The minimum absolute atomic E-state index is 0.0180. The third-order valence-corrected chi connectivity index (χ3v) is 5.78. The Bertz CT molecular complexity index is 1070. The largest absolute Gasteiger partial charge is 0.507 e. The number of aromatic nitrogens is 2. The van der Waals surface area contributed by atoms with E-state index in [-0.39, 0.29) is 23.8 Å². The Morgan fingerprint density at radius 2 is 1.86 bits per heavy atom. The summed E-state index contributed by atoms with van der Waals surface area (Å²) in [5.74, 6) is -0.258. The molecule has 1 aromatic heterocycles. The van der Waals surface area contributed by atoms with E-state index in [1.807, 2.05) is 0 Å². The number of alkyl carbamates (subject to hydrolysis) is 1. The van der Waals surface area contributed by atoms with Gasteiger partial charge in [-0.3, -0.25) is 0 Å². The summed E-state index contributed by atoms with van der Waals surface area (Å²) in [6.07, 6.45) is -2.61. The van der Waals surface area contributed by atoms with Crippen LogP contribution in [0.4, 0.5) is 23.8 Å². The maximum absolute atomic E-state index is 13.0. The normalized spacial score (nSPS) is 18.7. The van der Waals surface area contributed by atoms with E-state index in [1.54, 1.807) is 27.7 Å². The number of halogens is 3.